The summed E-state index contributed by atoms with van der Waals surface area (Å²) < 4.78 is 33.5. The van der Waals surface area contributed by atoms with Gasteiger partial charge in [-0.1, -0.05) is 115 Å². The van der Waals surface area contributed by atoms with Gasteiger partial charge in [0.1, 0.15) is 19.8 Å². The molecule has 0 aliphatic carbocycles. The van der Waals surface area contributed by atoms with Crippen molar-refractivity contribution in [3.05, 3.63) is 36.5 Å². The minimum absolute atomic E-state index is 0.0354. The molecular weight excluding hydrogens is 593 g/mol. The number of unbranched alkanes of at least 4 members (excludes halogenated alkanes) is 12. The number of hydrogen-bond donors (Lipinski definition) is 0. The number of quaternary nitrogens is 1. The smallest absolute Gasteiger partial charge is 0.306 e. The van der Waals surface area contributed by atoms with Crippen molar-refractivity contribution in [2.45, 2.75) is 129 Å². The van der Waals surface area contributed by atoms with Crippen molar-refractivity contribution < 1.29 is 42.1 Å². The van der Waals surface area contributed by atoms with Crippen LogP contribution in [0.5, 0.6) is 0 Å². The first-order chi connectivity index (χ1) is 21.5. The molecule has 10 heteroatoms. The molecule has 45 heavy (non-hydrogen) atoms. The van der Waals surface area contributed by atoms with E-state index in [4.69, 9.17) is 18.5 Å². The van der Waals surface area contributed by atoms with E-state index >= 15 is 0 Å². The fraction of sp³-hybridized carbons (Fsp3) is 0.771. The summed E-state index contributed by atoms with van der Waals surface area (Å²) in [5.41, 5.74) is 0. The zero-order valence-electron chi connectivity index (χ0n) is 29.1. The summed E-state index contributed by atoms with van der Waals surface area (Å²) in [6, 6.07) is 0. The lowest BCUT2D eigenvalue weighted by Gasteiger charge is -2.28. The number of hydrogen-bond acceptors (Lipinski definition) is 8. The quantitative estimate of drug-likeness (QED) is 0.0251. The molecule has 0 aliphatic rings. The van der Waals surface area contributed by atoms with Crippen molar-refractivity contribution in [2.24, 2.45) is 0 Å². The molecule has 0 fully saturated rings. The molecule has 0 heterocycles. The molecule has 0 aromatic rings. The number of phosphoric acid groups is 1. The van der Waals surface area contributed by atoms with Gasteiger partial charge in [0.05, 0.1) is 27.7 Å². The molecule has 0 saturated heterocycles. The fourth-order valence-electron chi connectivity index (χ4n) is 4.24. The number of carbonyl (C=O) groups is 2. The van der Waals surface area contributed by atoms with Crippen LogP contribution in [0.2, 0.25) is 0 Å². The number of carbonyl (C=O) groups excluding carboxylic acids is 2. The lowest BCUT2D eigenvalue weighted by molar-refractivity contribution is -0.870. The predicted molar refractivity (Wildman–Crippen MR) is 181 cm³/mol. The number of nitrogens with zero attached hydrogens (tertiary/aromatic N) is 1. The fourth-order valence-corrected chi connectivity index (χ4v) is 4.97. The zero-order valence-corrected chi connectivity index (χ0v) is 29.9. The summed E-state index contributed by atoms with van der Waals surface area (Å²) in [4.78, 5) is 37.1. The normalized spacial score (nSPS) is 14.4. The summed E-state index contributed by atoms with van der Waals surface area (Å²) in [6.45, 7) is 3.99. The summed E-state index contributed by atoms with van der Waals surface area (Å²) >= 11 is 0. The Bertz CT molecular complexity index is 881. The summed E-state index contributed by atoms with van der Waals surface area (Å²) in [7, 11) is 1.14. The first-order valence-corrected chi connectivity index (χ1v) is 18.7. The molecule has 2 atom stereocenters. The zero-order chi connectivity index (χ0) is 33.7. The number of ether oxygens (including phenoxy) is 2. The van der Waals surface area contributed by atoms with Gasteiger partial charge in [-0.2, -0.15) is 0 Å². The van der Waals surface area contributed by atoms with E-state index < -0.39 is 32.5 Å². The maximum absolute atomic E-state index is 12.5. The van der Waals surface area contributed by atoms with Crippen molar-refractivity contribution in [3.63, 3.8) is 0 Å². The number of allylic oxidation sites excluding steroid dienone is 6. The minimum atomic E-state index is -4.61. The number of likely N-dealkylation sites (N-methyl/N-ethyl adjacent to an activating group) is 1. The Morgan fingerprint density at radius 3 is 1.87 bits per heavy atom. The van der Waals surface area contributed by atoms with Crippen LogP contribution in [0.25, 0.3) is 0 Å². The van der Waals surface area contributed by atoms with Crippen LogP contribution in [-0.4, -0.2) is 70.0 Å². The molecule has 0 aromatic carbocycles. The van der Waals surface area contributed by atoms with Crippen LogP contribution < -0.4 is 4.89 Å². The van der Waals surface area contributed by atoms with Gasteiger partial charge in [-0.3, -0.25) is 14.2 Å². The molecule has 2 unspecified atom stereocenters. The molecule has 0 amide bonds. The highest BCUT2D eigenvalue weighted by Gasteiger charge is 2.21. The van der Waals surface area contributed by atoms with Crippen molar-refractivity contribution in [1.82, 2.24) is 0 Å². The van der Waals surface area contributed by atoms with Crippen LogP contribution in [0.4, 0.5) is 0 Å². The van der Waals surface area contributed by atoms with Gasteiger partial charge in [0.2, 0.25) is 0 Å². The Hall–Kier alpha value is -1.77. The summed E-state index contributed by atoms with van der Waals surface area (Å²) in [6.07, 6.45) is 27.6. The van der Waals surface area contributed by atoms with Crippen LogP contribution in [0, 0.1) is 0 Å². The average molecular weight is 658 g/mol. The van der Waals surface area contributed by atoms with Crippen LogP contribution in [0.1, 0.15) is 123 Å². The van der Waals surface area contributed by atoms with E-state index in [-0.39, 0.29) is 26.1 Å². The van der Waals surface area contributed by atoms with Gasteiger partial charge in [0, 0.05) is 12.8 Å². The Kier molecular flexibility index (Phi) is 27.3. The van der Waals surface area contributed by atoms with Crippen molar-refractivity contribution in [2.75, 3.05) is 47.5 Å². The molecule has 0 spiro atoms. The summed E-state index contributed by atoms with van der Waals surface area (Å²) in [5, 5.41) is 0. The van der Waals surface area contributed by atoms with E-state index in [1.54, 1.807) is 0 Å². The third-order valence-electron chi connectivity index (χ3n) is 6.99. The highest BCUT2D eigenvalue weighted by Crippen LogP contribution is 2.38. The maximum atomic E-state index is 12.5. The lowest BCUT2D eigenvalue weighted by Crippen LogP contribution is -2.37. The van der Waals surface area contributed by atoms with Crippen molar-refractivity contribution in [3.8, 4) is 0 Å². The molecule has 0 aromatic heterocycles. The van der Waals surface area contributed by atoms with E-state index in [1.165, 1.54) is 32.1 Å². The SMILES string of the molecule is CC/C=C/C=C/C=C/CCCCCCCC(=O)OC(COC(=O)CCCCCCCCCC)COP(=O)([O-])OCC[N+](C)(C)C. The standard InChI is InChI=1S/C35H64NO8P/c1-6-8-10-12-14-16-17-18-19-20-22-24-26-28-35(38)44-33(32-43-45(39,40)42-30-29-36(3,4)5)31-41-34(37)27-25-23-21-15-13-11-9-7-2/h8,10,12,14,16-17,33H,6-7,9,11,13,15,18-32H2,1-5H3/b10-8+,14-12+,17-16+. The first-order valence-electron chi connectivity index (χ1n) is 17.2. The second-order valence-corrected chi connectivity index (χ2v) is 14.0. The molecule has 0 bridgehead atoms. The molecule has 0 saturated carbocycles. The first kappa shape index (κ1) is 43.2. The largest absolute Gasteiger partial charge is 0.756 e. The second-order valence-electron chi connectivity index (χ2n) is 12.6. The molecule has 0 radical (unpaired) electrons. The van der Waals surface area contributed by atoms with E-state index in [0.29, 0.717) is 17.4 Å². The Morgan fingerprint density at radius 1 is 0.711 bits per heavy atom. The van der Waals surface area contributed by atoms with E-state index in [9.17, 15) is 19.0 Å². The minimum Gasteiger partial charge on any atom is -0.756 e. The molecule has 0 rings (SSSR count). The maximum Gasteiger partial charge on any atom is 0.306 e. The predicted octanol–water partition coefficient (Wildman–Crippen LogP) is 7.99. The number of rotatable bonds is 30. The van der Waals surface area contributed by atoms with Crippen LogP contribution >= 0.6 is 7.82 Å². The molecule has 0 N–H and O–H groups in total. The van der Waals surface area contributed by atoms with Gasteiger partial charge >= 0.3 is 11.9 Å². The molecule has 9 nitrogen and oxygen atoms in total. The average Bonchev–Trinajstić information content (AvgIpc) is 2.97. The highest BCUT2D eigenvalue weighted by atomic mass is 31.2. The van der Waals surface area contributed by atoms with Crippen molar-refractivity contribution in [1.29, 1.82) is 0 Å². The Morgan fingerprint density at radius 2 is 1.27 bits per heavy atom. The topological polar surface area (TPSA) is 111 Å². The highest BCUT2D eigenvalue weighted by molar-refractivity contribution is 7.45. The van der Waals surface area contributed by atoms with Gasteiger partial charge in [-0.15, -0.1) is 0 Å². The molecular formula is C35H64NO8P. The van der Waals surface area contributed by atoms with Gasteiger partial charge in [-0.25, -0.2) is 0 Å². The van der Waals surface area contributed by atoms with E-state index in [0.717, 1.165) is 57.8 Å². The van der Waals surface area contributed by atoms with Crippen LogP contribution in [-0.2, 0) is 32.7 Å². The monoisotopic (exact) mass is 657 g/mol. The van der Waals surface area contributed by atoms with Crippen molar-refractivity contribution >= 4 is 19.8 Å². The number of phosphoric ester groups is 1. The summed E-state index contributed by atoms with van der Waals surface area (Å²) in [5.74, 6) is -0.869. The van der Waals surface area contributed by atoms with Crippen LogP contribution in [0.15, 0.2) is 36.5 Å². The van der Waals surface area contributed by atoms with Crippen LogP contribution in [0.3, 0.4) is 0 Å². The van der Waals surface area contributed by atoms with Gasteiger partial charge < -0.3 is 27.9 Å². The van der Waals surface area contributed by atoms with E-state index in [1.807, 2.05) is 39.4 Å². The Labute approximate surface area is 274 Å². The third-order valence-corrected chi connectivity index (χ3v) is 7.95. The molecule has 262 valence electrons. The molecule has 0 aliphatic heterocycles. The van der Waals surface area contributed by atoms with E-state index in [2.05, 4.69) is 32.1 Å². The van der Waals surface area contributed by atoms with Gasteiger partial charge in [0.15, 0.2) is 6.10 Å². The number of esters is 2. The Balaban J connectivity index is 4.53. The van der Waals surface area contributed by atoms with Gasteiger partial charge in [-0.05, 0) is 32.1 Å². The van der Waals surface area contributed by atoms with Gasteiger partial charge in [0.25, 0.3) is 7.82 Å². The lowest BCUT2D eigenvalue weighted by atomic mass is 10.1. The third kappa shape index (κ3) is 32.0. The second kappa shape index (κ2) is 28.5.